The standard InChI is InChI=1S/C18H14BrCl2FN2O2/c19-16-10-14(22)1-2-15(16)18(26)24-5-3-23(4-6-24)17(25)11-7-12(20)9-13(21)8-11/h1-2,7-10H,3-6H2. The molecule has 1 fully saturated rings. The van der Waals surface area contributed by atoms with Crippen LogP contribution in [0.25, 0.3) is 0 Å². The molecule has 0 spiro atoms. The van der Waals surface area contributed by atoms with E-state index in [1.54, 1.807) is 28.0 Å². The zero-order valence-corrected chi connectivity index (χ0v) is 16.6. The van der Waals surface area contributed by atoms with Crippen LogP contribution in [0, 0.1) is 5.82 Å². The van der Waals surface area contributed by atoms with E-state index < -0.39 is 5.82 Å². The molecule has 8 heteroatoms. The highest BCUT2D eigenvalue weighted by Gasteiger charge is 2.26. The number of piperazine rings is 1. The zero-order chi connectivity index (χ0) is 18.8. The molecule has 0 aromatic heterocycles. The first kappa shape index (κ1) is 19.1. The molecule has 1 aliphatic heterocycles. The summed E-state index contributed by atoms with van der Waals surface area (Å²) in [7, 11) is 0. The van der Waals surface area contributed by atoms with Crippen molar-refractivity contribution in [2.45, 2.75) is 0 Å². The van der Waals surface area contributed by atoms with E-state index in [1.165, 1.54) is 18.2 Å². The number of nitrogens with zero attached hydrogens (tertiary/aromatic N) is 2. The lowest BCUT2D eigenvalue weighted by atomic mass is 10.1. The lowest BCUT2D eigenvalue weighted by Crippen LogP contribution is -2.50. The number of rotatable bonds is 2. The Morgan fingerprint density at radius 1 is 0.885 bits per heavy atom. The number of hydrogen-bond acceptors (Lipinski definition) is 2. The summed E-state index contributed by atoms with van der Waals surface area (Å²) in [6.07, 6.45) is 0. The third-order valence-corrected chi connectivity index (χ3v) is 5.22. The van der Waals surface area contributed by atoms with Gasteiger partial charge in [-0.1, -0.05) is 23.2 Å². The fraction of sp³-hybridized carbons (Fsp3) is 0.222. The Balaban J connectivity index is 1.67. The maximum atomic E-state index is 13.2. The lowest BCUT2D eigenvalue weighted by molar-refractivity contribution is 0.0535. The largest absolute Gasteiger partial charge is 0.335 e. The average molecular weight is 460 g/mol. The fourth-order valence-corrected chi connectivity index (χ4v) is 3.85. The summed E-state index contributed by atoms with van der Waals surface area (Å²) in [5, 5.41) is 0.798. The second kappa shape index (κ2) is 7.94. The van der Waals surface area contributed by atoms with Crippen LogP contribution in [0.5, 0.6) is 0 Å². The molecule has 4 nitrogen and oxygen atoms in total. The molecule has 2 amide bonds. The SMILES string of the molecule is O=C(c1cc(Cl)cc(Cl)c1)N1CCN(C(=O)c2ccc(F)cc2Br)CC1. The van der Waals surface area contributed by atoms with E-state index in [0.29, 0.717) is 51.8 Å². The molecule has 0 unspecified atom stereocenters. The Morgan fingerprint density at radius 2 is 1.42 bits per heavy atom. The summed E-state index contributed by atoms with van der Waals surface area (Å²) >= 11 is 15.1. The Bertz CT molecular complexity index is 850. The third kappa shape index (κ3) is 4.19. The van der Waals surface area contributed by atoms with Crippen LogP contribution in [-0.2, 0) is 0 Å². The van der Waals surface area contributed by atoms with Gasteiger partial charge < -0.3 is 9.80 Å². The summed E-state index contributed by atoms with van der Waals surface area (Å²) in [5.41, 5.74) is 0.816. The van der Waals surface area contributed by atoms with Crippen LogP contribution < -0.4 is 0 Å². The topological polar surface area (TPSA) is 40.6 Å². The van der Waals surface area contributed by atoms with Gasteiger partial charge in [0.2, 0.25) is 0 Å². The molecule has 0 atom stereocenters. The Labute approximate surface area is 168 Å². The highest BCUT2D eigenvalue weighted by atomic mass is 79.9. The van der Waals surface area contributed by atoms with Crippen molar-refractivity contribution >= 4 is 50.9 Å². The van der Waals surface area contributed by atoms with E-state index in [-0.39, 0.29) is 11.8 Å². The second-order valence-corrected chi connectivity index (χ2v) is 7.59. The molecule has 0 saturated carbocycles. The van der Waals surface area contributed by atoms with Gasteiger partial charge in [-0.25, -0.2) is 4.39 Å². The van der Waals surface area contributed by atoms with Gasteiger partial charge in [0.1, 0.15) is 5.82 Å². The molecule has 0 bridgehead atoms. The minimum atomic E-state index is -0.413. The van der Waals surface area contributed by atoms with E-state index in [2.05, 4.69) is 15.9 Å². The van der Waals surface area contributed by atoms with Crippen LogP contribution in [0.1, 0.15) is 20.7 Å². The van der Waals surface area contributed by atoms with Gasteiger partial charge in [0.15, 0.2) is 0 Å². The van der Waals surface area contributed by atoms with E-state index >= 15 is 0 Å². The molecule has 2 aromatic rings. The van der Waals surface area contributed by atoms with Gasteiger partial charge in [-0.2, -0.15) is 0 Å². The van der Waals surface area contributed by atoms with Crippen molar-refractivity contribution in [2.24, 2.45) is 0 Å². The molecule has 26 heavy (non-hydrogen) atoms. The van der Waals surface area contributed by atoms with E-state index in [1.807, 2.05) is 0 Å². The van der Waals surface area contributed by atoms with Crippen molar-refractivity contribution in [3.8, 4) is 0 Å². The van der Waals surface area contributed by atoms with Gasteiger partial charge >= 0.3 is 0 Å². The molecule has 0 aliphatic carbocycles. The average Bonchev–Trinajstić information content (AvgIpc) is 2.60. The summed E-state index contributed by atoms with van der Waals surface area (Å²) in [4.78, 5) is 28.5. The van der Waals surface area contributed by atoms with Gasteiger partial charge in [0, 0.05) is 46.3 Å². The van der Waals surface area contributed by atoms with Crippen molar-refractivity contribution in [1.82, 2.24) is 9.80 Å². The minimum Gasteiger partial charge on any atom is -0.335 e. The Morgan fingerprint density at radius 3 is 1.96 bits per heavy atom. The van der Waals surface area contributed by atoms with Gasteiger partial charge in [0.25, 0.3) is 11.8 Å². The van der Waals surface area contributed by atoms with Crippen LogP contribution in [0.3, 0.4) is 0 Å². The summed E-state index contributed by atoms with van der Waals surface area (Å²) < 4.78 is 13.6. The van der Waals surface area contributed by atoms with Gasteiger partial charge in [-0.15, -0.1) is 0 Å². The molecule has 0 radical (unpaired) electrons. The molecule has 136 valence electrons. The second-order valence-electron chi connectivity index (χ2n) is 5.87. The maximum absolute atomic E-state index is 13.2. The summed E-state index contributed by atoms with van der Waals surface area (Å²) in [5.74, 6) is -0.789. The first-order valence-electron chi connectivity index (χ1n) is 7.85. The van der Waals surface area contributed by atoms with Crippen molar-refractivity contribution in [3.05, 3.63) is 67.9 Å². The zero-order valence-electron chi connectivity index (χ0n) is 13.5. The number of hydrogen-bond donors (Lipinski definition) is 0. The highest BCUT2D eigenvalue weighted by molar-refractivity contribution is 9.10. The van der Waals surface area contributed by atoms with Crippen LogP contribution in [0.4, 0.5) is 4.39 Å². The number of carbonyl (C=O) groups is 2. The molecule has 1 aliphatic rings. The van der Waals surface area contributed by atoms with E-state index in [4.69, 9.17) is 23.2 Å². The van der Waals surface area contributed by atoms with Crippen LogP contribution in [0.2, 0.25) is 10.0 Å². The molecule has 1 heterocycles. The van der Waals surface area contributed by atoms with Crippen LogP contribution in [0.15, 0.2) is 40.9 Å². The predicted molar refractivity (Wildman–Crippen MR) is 102 cm³/mol. The summed E-state index contributed by atoms with van der Waals surface area (Å²) in [6, 6.07) is 8.67. The van der Waals surface area contributed by atoms with Crippen LogP contribution >= 0.6 is 39.1 Å². The first-order valence-corrected chi connectivity index (χ1v) is 9.40. The molecule has 3 rings (SSSR count). The minimum absolute atomic E-state index is 0.176. The maximum Gasteiger partial charge on any atom is 0.255 e. The van der Waals surface area contributed by atoms with Crippen molar-refractivity contribution < 1.29 is 14.0 Å². The third-order valence-electron chi connectivity index (χ3n) is 4.13. The molecule has 1 saturated heterocycles. The number of halogens is 4. The molecule has 2 aromatic carbocycles. The fourth-order valence-electron chi connectivity index (χ4n) is 2.81. The Kier molecular flexibility index (Phi) is 5.85. The van der Waals surface area contributed by atoms with E-state index in [0.717, 1.165) is 0 Å². The molecular formula is C18H14BrCl2FN2O2. The van der Waals surface area contributed by atoms with Crippen molar-refractivity contribution in [3.63, 3.8) is 0 Å². The predicted octanol–water partition coefficient (Wildman–Crippen LogP) is 4.49. The quantitative estimate of drug-likeness (QED) is 0.663. The Hall–Kier alpha value is -1.63. The lowest BCUT2D eigenvalue weighted by Gasteiger charge is -2.35. The van der Waals surface area contributed by atoms with Gasteiger partial charge in [-0.05, 0) is 52.3 Å². The number of carbonyl (C=O) groups excluding carboxylic acids is 2. The molecular weight excluding hydrogens is 446 g/mol. The monoisotopic (exact) mass is 458 g/mol. The van der Waals surface area contributed by atoms with Crippen LogP contribution in [-0.4, -0.2) is 47.8 Å². The van der Waals surface area contributed by atoms with Crippen molar-refractivity contribution in [2.75, 3.05) is 26.2 Å². The van der Waals surface area contributed by atoms with Gasteiger partial charge in [0.05, 0.1) is 5.56 Å². The van der Waals surface area contributed by atoms with E-state index in [9.17, 15) is 14.0 Å². The highest BCUT2D eigenvalue weighted by Crippen LogP contribution is 2.22. The number of amides is 2. The smallest absolute Gasteiger partial charge is 0.255 e. The normalized spacial score (nSPS) is 14.5. The van der Waals surface area contributed by atoms with Gasteiger partial charge in [-0.3, -0.25) is 9.59 Å². The first-order chi connectivity index (χ1) is 12.3. The molecule has 0 N–H and O–H groups in total. The van der Waals surface area contributed by atoms with Crippen molar-refractivity contribution in [1.29, 1.82) is 0 Å². The number of benzene rings is 2. The summed E-state index contributed by atoms with van der Waals surface area (Å²) in [6.45, 7) is 1.58.